The van der Waals surface area contributed by atoms with Gasteiger partial charge in [-0.15, -0.1) is 0 Å². The summed E-state index contributed by atoms with van der Waals surface area (Å²) in [5.74, 6) is -4.11. The Hall–Kier alpha value is -3.54. The largest absolute Gasteiger partial charge is 0.497 e. The smallest absolute Gasteiger partial charge is 0.336 e. The van der Waals surface area contributed by atoms with E-state index < -0.39 is 36.4 Å². The summed E-state index contributed by atoms with van der Waals surface area (Å²) in [7, 11) is 1.72. The van der Waals surface area contributed by atoms with Crippen molar-refractivity contribution in [2.75, 3.05) is 7.11 Å². The highest BCUT2D eigenvalue weighted by molar-refractivity contribution is 5.88. The molecule has 1 aliphatic heterocycles. The van der Waals surface area contributed by atoms with Crippen LogP contribution in [-0.2, 0) is 27.5 Å². The zero-order valence-electron chi connectivity index (χ0n) is 23.8. The second-order valence-electron chi connectivity index (χ2n) is 11.5. The minimum absolute atomic E-state index is 0.114. The Balaban J connectivity index is 0.000000366. The molecule has 0 aliphatic carbocycles. The summed E-state index contributed by atoms with van der Waals surface area (Å²) in [5, 5.41) is 37.6. The van der Waals surface area contributed by atoms with E-state index in [-0.39, 0.29) is 11.1 Å². The first-order valence-electron chi connectivity index (χ1n) is 13.0. The van der Waals surface area contributed by atoms with Crippen LogP contribution >= 0.6 is 0 Å². The summed E-state index contributed by atoms with van der Waals surface area (Å²) in [6, 6.07) is 15.1. The molecule has 1 fully saturated rings. The third-order valence-corrected chi connectivity index (χ3v) is 6.58. The van der Waals surface area contributed by atoms with Gasteiger partial charge in [-0.1, -0.05) is 18.2 Å². The average Bonchev–Trinajstić information content (AvgIpc) is 2.82. The van der Waals surface area contributed by atoms with E-state index in [4.69, 9.17) is 25.2 Å². The Kier molecular flexibility index (Phi) is 11.2. The molecule has 0 atom stereocenters. The molecule has 220 valence electrons. The number of nitrogens with zero attached hydrogens (tertiary/aromatic N) is 2. The number of ether oxygens (including phenoxy) is 1. The van der Waals surface area contributed by atoms with Crippen molar-refractivity contribution in [2.24, 2.45) is 0 Å². The monoisotopic (exact) mass is 559 g/mol. The van der Waals surface area contributed by atoms with Crippen molar-refractivity contribution in [3.8, 4) is 5.75 Å². The van der Waals surface area contributed by atoms with E-state index in [9.17, 15) is 14.4 Å². The zero-order valence-corrected chi connectivity index (χ0v) is 23.8. The number of carbonyl (C=O) groups is 3. The maximum absolute atomic E-state index is 10.3. The molecular weight excluding hydrogens is 518 g/mol. The topological polar surface area (TPSA) is 170 Å². The number of hydrogen-bond acceptors (Lipinski definition) is 8. The van der Waals surface area contributed by atoms with Crippen LogP contribution in [0.4, 0.5) is 0 Å². The number of carboxylic acids is 3. The molecule has 0 saturated carbocycles. The fourth-order valence-corrected chi connectivity index (χ4v) is 5.26. The number of pyridine rings is 1. The van der Waals surface area contributed by atoms with E-state index in [2.05, 4.69) is 73.2 Å². The Labute approximate surface area is 234 Å². The molecule has 0 amide bonds. The molecule has 11 heteroatoms. The second kappa shape index (κ2) is 13.7. The molecular formula is C29H41N3O8. The number of methoxy groups -OCH3 is 1. The van der Waals surface area contributed by atoms with Crippen LogP contribution < -0.4 is 10.1 Å². The van der Waals surface area contributed by atoms with Gasteiger partial charge in [-0.25, -0.2) is 4.79 Å². The summed E-state index contributed by atoms with van der Waals surface area (Å²) in [4.78, 5) is 37.6. The minimum atomic E-state index is -2.74. The van der Waals surface area contributed by atoms with Gasteiger partial charge in [-0.2, -0.15) is 0 Å². The van der Waals surface area contributed by atoms with Crippen LogP contribution in [-0.4, -0.2) is 78.0 Å². The summed E-state index contributed by atoms with van der Waals surface area (Å²) in [5.41, 5.74) is -0.113. The molecule has 1 aliphatic rings. The first-order valence-corrected chi connectivity index (χ1v) is 13.0. The van der Waals surface area contributed by atoms with E-state index in [1.807, 2.05) is 18.3 Å². The highest BCUT2D eigenvalue weighted by Gasteiger charge is 2.41. The number of carboxylic acid groups (broad SMARTS) is 3. The molecule has 5 N–H and O–H groups in total. The SMILES string of the molecule is COc1cccc(CN(Cc2ccccn2)C2CC(C)(C)NC(C)(C)C2)c1.O=C(O)CC(O)(CC(=O)O)C(=O)O. The fraction of sp³-hybridized carbons (Fsp3) is 0.517. The molecule has 0 unspecified atom stereocenters. The van der Waals surface area contributed by atoms with Crippen LogP contribution in [0.1, 0.15) is 64.6 Å². The molecule has 2 aromatic rings. The van der Waals surface area contributed by atoms with Crippen LogP contribution in [0.15, 0.2) is 48.7 Å². The molecule has 11 nitrogen and oxygen atoms in total. The maximum Gasteiger partial charge on any atom is 0.336 e. The summed E-state index contributed by atoms with van der Waals surface area (Å²) < 4.78 is 5.43. The lowest BCUT2D eigenvalue weighted by Gasteiger charge is -2.49. The Bertz CT molecular complexity index is 1120. The summed E-state index contributed by atoms with van der Waals surface area (Å²) >= 11 is 0. The molecule has 0 radical (unpaired) electrons. The number of aliphatic hydroxyl groups is 1. The average molecular weight is 560 g/mol. The van der Waals surface area contributed by atoms with E-state index in [0.29, 0.717) is 6.04 Å². The number of aliphatic carboxylic acids is 3. The molecule has 1 saturated heterocycles. The highest BCUT2D eigenvalue weighted by Crippen LogP contribution is 2.33. The van der Waals surface area contributed by atoms with Crippen LogP contribution in [0.3, 0.4) is 0 Å². The normalized spacial score (nSPS) is 16.5. The van der Waals surface area contributed by atoms with Crippen molar-refractivity contribution in [3.05, 3.63) is 59.9 Å². The van der Waals surface area contributed by atoms with Gasteiger partial charge in [-0.3, -0.25) is 19.5 Å². The van der Waals surface area contributed by atoms with Crippen LogP contribution in [0, 0.1) is 0 Å². The predicted octanol–water partition coefficient (Wildman–Crippen LogP) is 3.15. The fourth-order valence-electron chi connectivity index (χ4n) is 5.26. The van der Waals surface area contributed by atoms with E-state index >= 15 is 0 Å². The van der Waals surface area contributed by atoms with E-state index in [0.717, 1.165) is 37.4 Å². The third-order valence-electron chi connectivity index (χ3n) is 6.58. The zero-order chi connectivity index (χ0) is 30.1. The third kappa shape index (κ3) is 10.6. The van der Waals surface area contributed by atoms with Gasteiger partial charge in [0.05, 0.1) is 25.6 Å². The van der Waals surface area contributed by atoms with E-state index in [1.165, 1.54) is 5.56 Å². The van der Waals surface area contributed by atoms with Crippen LogP contribution in [0.25, 0.3) is 0 Å². The van der Waals surface area contributed by atoms with Crippen molar-refractivity contribution in [2.45, 2.75) is 89.2 Å². The van der Waals surface area contributed by atoms with Crippen molar-refractivity contribution in [1.82, 2.24) is 15.2 Å². The molecule has 0 spiro atoms. The number of rotatable bonds is 11. The van der Waals surface area contributed by atoms with Gasteiger partial charge in [0.2, 0.25) is 0 Å². The quantitative estimate of drug-likeness (QED) is 0.274. The van der Waals surface area contributed by atoms with Gasteiger partial charge in [0.1, 0.15) is 5.75 Å². The van der Waals surface area contributed by atoms with E-state index in [1.54, 1.807) is 7.11 Å². The first-order chi connectivity index (χ1) is 18.5. The standard InChI is InChI=1S/C23H33N3O.C6H8O7/c1-22(2)14-20(15-23(3,4)25-22)26(17-19-10-6-7-12-24-19)16-18-9-8-11-21(13-18)27-5;7-3(8)1-6(13,5(11)12)2-4(9)10/h6-13,20,25H,14-17H2,1-5H3;13H,1-2H2,(H,7,8)(H,9,10)(H,11,12). The Morgan fingerprint density at radius 2 is 1.57 bits per heavy atom. The first kappa shape index (κ1) is 32.7. The number of hydrogen-bond donors (Lipinski definition) is 5. The molecule has 0 bridgehead atoms. The lowest BCUT2D eigenvalue weighted by Crippen LogP contribution is -2.62. The molecule has 40 heavy (non-hydrogen) atoms. The lowest BCUT2D eigenvalue weighted by atomic mass is 9.79. The highest BCUT2D eigenvalue weighted by atomic mass is 16.5. The minimum Gasteiger partial charge on any atom is -0.497 e. The van der Waals surface area contributed by atoms with Crippen molar-refractivity contribution in [1.29, 1.82) is 0 Å². The number of piperidine rings is 1. The van der Waals surface area contributed by atoms with Gasteiger partial charge in [0.25, 0.3) is 0 Å². The van der Waals surface area contributed by atoms with Gasteiger partial charge in [0, 0.05) is 36.4 Å². The Morgan fingerprint density at radius 3 is 2.05 bits per heavy atom. The Morgan fingerprint density at radius 1 is 0.975 bits per heavy atom. The molecule has 1 aromatic carbocycles. The van der Waals surface area contributed by atoms with Crippen molar-refractivity contribution >= 4 is 17.9 Å². The van der Waals surface area contributed by atoms with Gasteiger partial charge < -0.3 is 30.5 Å². The number of aromatic nitrogens is 1. The van der Waals surface area contributed by atoms with Gasteiger partial charge in [-0.05, 0) is 70.4 Å². The maximum atomic E-state index is 10.3. The number of benzene rings is 1. The van der Waals surface area contributed by atoms with Gasteiger partial charge >= 0.3 is 17.9 Å². The van der Waals surface area contributed by atoms with Gasteiger partial charge in [0.15, 0.2) is 5.60 Å². The van der Waals surface area contributed by atoms with Crippen molar-refractivity contribution < 1.29 is 39.5 Å². The van der Waals surface area contributed by atoms with Crippen molar-refractivity contribution in [3.63, 3.8) is 0 Å². The number of nitrogens with one attached hydrogen (secondary N) is 1. The van der Waals surface area contributed by atoms with Crippen LogP contribution in [0.2, 0.25) is 0 Å². The summed E-state index contributed by atoms with van der Waals surface area (Å²) in [6.07, 6.45) is 1.83. The molecule has 1 aromatic heterocycles. The predicted molar refractivity (Wildman–Crippen MR) is 148 cm³/mol. The second-order valence-corrected chi connectivity index (χ2v) is 11.5. The lowest BCUT2D eigenvalue weighted by molar-refractivity contribution is -0.170. The summed E-state index contributed by atoms with van der Waals surface area (Å²) in [6.45, 7) is 11.0. The molecule has 2 heterocycles. The van der Waals surface area contributed by atoms with Crippen LogP contribution in [0.5, 0.6) is 5.75 Å². The molecule has 3 rings (SSSR count).